The van der Waals surface area contributed by atoms with Crippen LogP contribution in [0.2, 0.25) is 0 Å². The third kappa shape index (κ3) is 11.1. The van der Waals surface area contributed by atoms with Crippen LogP contribution in [0.5, 0.6) is 11.5 Å². The van der Waals surface area contributed by atoms with E-state index in [9.17, 15) is 75.7 Å². The van der Waals surface area contributed by atoms with Crippen LogP contribution < -0.4 is 20.9 Å². The second-order valence-electron chi connectivity index (χ2n) is 7.53. The maximum Gasteiger partial charge on any atom is 0.362 e. The van der Waals surface area contributed by atoms with E-state index in [2.05, 4.69) is 15.7 Å². The second kappa shape index (κ2) is 17.1. The van der Waals surface area contributed by atoms with Crippen molar-refractivity contribution in [1.82, 2.24) is 4.98 Å². The number of carboxylic acids is 1. The van der Waals surface area contributed by atoms with E-state index in [1.807, 2.05) is 0 Å². The van der Waals surface area contributed by atoms with Crippen molar-refractivity contribution in [2.24, 2.45) is 0 Å². The molecule has 0 saturated heterocycles. The fourth-order valence-electron chi connectivity index (χ4n) is 2.71. The van der Waals surface area contributed by atoms with Crippen molar-refractivity contribution in [2.75, 3.05) is 0 Å². The van der Waals surface area contributed by atoms with Crippen molar-refractivity contribution in [3.05, 3.63) is 103 Å². The Morgan fingerprint density at radius 3 is 1.22 bits per heavy atom. The zero-order valence-corrected chi connectivity index (χ0v) is 21.7. The molecule has 0 spiro atoms. The van der Waals surface area contributed by atoms with E-state index in [1.54, 1.807) is 12.5 Å². The van der Waals surface area contributed by atoms with Crippen LogP contribution in [0.4, 0.5) is 34.1 Å². The largest absolute Gasteiger partial charge is 0.863 e. The lowest BCUT2D eigenvalue weighted by Crippen LogP contribution is -2.66. The molecule has 0 saturated carbocycles. The lowest BCUT2D eigenvalue weighted by molar-refractivity contribution is -0.420. The van der Waals surface area contributed by atoms with Gasteiger partial charge in [0.1, 0.15) is 11.9 Å². The number of rotatable bonds is 9. The number of nitro groups is 6. The maximum absolute atomic E-state index is 11.1. The van der Waals surface area contributed by atoms with Crippen molar-refractivity contribution in [1.29, 1.82) is 0 Å². The number of aliphatic carboxylic acids is 1. The normalized spacial score (nSPS) is 10.1. The highest BCUT2D eigenvalue weighted by Crippen LogP contribution is 2.37. The van der Waals surface area contributed by atoms with E-state index in [-0.39, 0.29) is 11.0 Å². The topological polar surface area (TPSA) is 463 Å². The number of nitrogens with zero attached hydrogens (tertiary/aromatic N) is 6. The molecule has 1 heterocycles. The molecule has 0 bridgehead atoms. The Morgan fingerprint density at radius 1 is 0.711 bits per heavy atom. The number of nitro benzene ring substituents is 6. The van der Waals surface area contributed by atoms with Crippen LogP contribution in [-0.4, -0.2) is 62.6 Å². The summed E-state index contributed by atoms with van der Waals surface area (Å²) in [4.78, 5) is 71.0. The molecular weight excluding hydrogens is 630 g/mol. The summed E-state index contributed by atoms with van der Waals surface area (Å²) in [7, 11) is 0. The Morgan fingerprint density at radius 2 is 1.02 bits per heavy atom. The van der Waals surface area contributed by atoms with Crippen molar-refractivity contribution >= 4 is 40.1 Å². The number of non-ortho nitro benzene ring substituents is 2. The molecule has 0 radical (unpaired) electrons. The third-order valence-electron chi connectivity index (χ3n) is 4.69. The zero-order valence-electron chi connectivity index (χ0n) is 21.7. The number of nitrogens with one attached hydrogen (secondary N) is 2. The standard InChI is InChI=1S/2C6H3N3O7.C6H9N3O2.2H2O/c2*10-6-4(8(13)14)1-3(7(11)12)2-5(6)9(15)16;7-5(6(10)11)1-4-2-8-3-9-4;;/h2*1-2,10H;2-3,5H,1,7H2,(H,8,9)(H,10,11);2*1H2/t;;5-;;/m..0../s1. The lowest BCUT2D eigenvalue weighted by atomic mass is 10.2. The molecule has 1 atom stereocenters. The van der Waals surface area contributed by atoms with Gasteiger partial charge in [-0.15, -0.1) is 0 Å². The molecular formula is C18H19N9O18. The van der Waals surface area contributed by atoms with Gasteiger partial charge in [-0.25, -0.2) is 9.78 Å². The average molecular weight is 649 g/mol. The molecule has 244 valence electrons. The summed E-state index contributed by atoms with van der Waals surface area (Å²) in [6.45, 7) is 0. The van der Waals surface area contributed by atoms with Gasteiger partial charge in [-0.05, 0) is 0 Å². The number of hydrogen-bond acceptors (Lipinski definition) is 15. The number of carbonyl (C=O) groups is 1. The molecule has 0 fully saturated rings. The van der Waals surface area contributed by atoms with Gasteiger partial charge in [-0.2, -0.15) is 0 Å². The van der Waals surface area contributed by atoms with E-state index in [0.29, 0.717) is 30.7 Å². The van der Waals surface area contributed by atoms with Crippen molar-refractivity contribution in [2.45, 2.75) is 12.5 Å². The molecule has 0 aliphatic rings. The molecule has 0 amide bonds. The van der Waals surface area contributed by atoms with Crippen molar-refractivity contribution < 1.29 is 71.3 Å². The van der Waals surface area contributed by atoms with E-state index in [0.717, 1.165) is 5.69 Å². The number of quaternary nitrogens is 1. The summed E-state index contributed by atoms with van der Waals surface area (Å²) in [6.07, 6.45) is 3.80. The molecule has 0 aliphatic carbocycles. The molecule has 0 unspecified atom stereocenters. The molecule has 2 aromatic carbocycles. The number of aromatic nitrogens is 2. The minimum absolute atomic E-state index is 0. The molecule has 3 rings (SSSR count). The molecule has 27 heteroatoms. The van der Waals surface area contributed by atoms with Gasteiger partial charge in [0.25, 0.3) is 34.1 Å². The number of hydrogen-bond donors (Lipinski definition) is 3. The van der Waals surface area contributed by atoms with Crippen LogP contribution >= 0.6 is 0 Å². The molecule has 10 N–H and O–H groups in total. The van der Waals surface area contributed by atoms with Crippen molar-refractivity contribution in [3.8, 4) is 11.5 Å². The number of carboxylic acid groups (broad SMARTS) is 1. The highest BCUT2D eigenvalue weighted by Gasteiger charge is 2.25. The SMILES string of the molecule is O.O.O=[N+]([O-])c1cc([N+](=O)[O-])c([O-])c([N+](=O)[O-])c1.O=[N+]([O-])c1cc([N+](=O)[O-])c([O-])c([N+](=O)[O-])c1.[NH3+][C@@H](Cc1c[nH+]c[nH]1)C(=O)O. The maximum atomic E-state index is 11.1. The van der Waals surface area contributed by atoms with Crippen LogP contribution in [0.15, 0.2) is 36.8 Å². The number of benzene rings is 2. The summed E-state index contributed by atoms with van der Waals surface area (Å²) in [5.74, 6) is -3.79. The highest BCUT2D eigenvalue weighted by atomic mass is 16.7. The monoisotopic (exact) mass is 649 g/mol. The van der Waals surface area contributed by atoms with Crippen LogP contribution in [-0.2, 0) is 11.2 Å². The molecule has 45 heavy (non-hydrogen) atoms. The summed E-state index contributed by atoms with van der Waals surface area (Å²) in [5, 5.41) is 92.7. The lowest BCUT2D eigenvalue weighted by Gasteiger charge is -2.06. The highest BCUT2D eigenvalue weighted by molar-refractivity contribution is 5.71. The van der Waals surface area contributed by atoms with Crippen LogP contribution in [0.25, 0.3) is 0 Å². The van der Waals surface area contributed by atoms with E-state index >= 15 is 0 Å². The average Bonchev–Trinajstić information content (AvgIpc) is 3.41. The Balaban J connectivity index is 0. The summed E-state index contributed by atoms with van der Waals surface area (Å²) in [6, 6.07) is 0.956. The first-order valence-corrected chi connectivity index (χ1v) is 10.5. The van der Waals surface area contributed by atoms with Crippen LogP contribution in [0.3, 0.4) is 0 Å². The minimum atomic E-state index is -1.46. The first-order chi connectivity index (χ1) is 19.9. The Hall–Kier alpha value is -7.00. The van der Waals surface area contributed by atoms with Crippen LogP contribution in [0.1, 0.15) is 5.69 Å². The van der Waals surface area contributed by atoms with Gasteiger partial charge in [0.15, 0.2) is 6.04 Å². The smallest absolute Gasteiger partial charge is 0.362 e. The van der Waals surface area contributed by atoms with E-state index < -0.39 is 87.2 Å². The minimum Gasteiger partial charge on any atom is -0.863 e. The van der Waals surface area contributed by atoms with E-state index in [4.69, 9.17) is 5.11 Å². The predicted octanol–water partition coefficient (Wildman–Crippen LogP) is -2.61. The zero-order chi connectivity index (χ0) is 33.2. The van der Waals surface area contributed by atoms with E-state index in [1.165, 1.54) is 0 Å². The fraction of sp³-hybridized carbons (Fsp3) is 0.111. The number of aromatic amines is 2. The van der Waals surface area contributed by atoms with Gasteiger partial charge >= 0.3 is 5.97 Å². The predicted molar refractivity (Wildman–Crippen MR) is 134 cm³/mol. The van der Waals surface area contributed by atoms with Gasteiger partial charge < -0.3 is 32.0 Å². The van der Waals surface area contributed by atoms with Crippen LogP contribution in [0, 0.1) is 60.7 Å². The van der Waals surface area contributed by atoms with Gasteiger partial charge in [0.05, 0.1) is 71.7 Å². The first-order valence-electron chi connectivity index (χ1n) is 10.5. The van der Waals surface area contributed by atoms with Crippen molar-refractivity contribution in [3.63, 3.8) is 0 Å². The third-order valence-corrected chi connectivity index (χ3v) is 4.69. The summed E-state index contributed by atoms with van der Waals surface area (Å²) in [5.41, 5.74) is -2.20. The first kappa shape index (κ1) is 40.1. The Bertz CT molecular complexity index is 1430. The Kier molecular flexibility index (Phi) is 15.2. The molecule has 1 aromatic heterocycles. The number of H-pyrrole nitrogens is 2. The molecule has 0 aliphatic heterocycles. The quantitative estimate of drug-likeness (QED) is 0.158. The van der Waals surface area contributed by atoms with Gasteiger partial charge in [0, 0.05) is 0 Å². The van der Waals surface area contributed by atoms with Gasteiger partial charge in [-0.1, -0.05) is 0 Å². The summed E-state index contributed by atoms with van der Waals surface area (Å²) < 4.78 is 0. The van der Waals surface area contributed by atoms with Gasteiger partial charge in [0.2, 0.25) is 6.33 Å². The molecule has 3 aromatic rings. The summed E-state index contributed by atoms with van der Waals surface area (Å²) >= 11 is 0. The molecule has 27 nitrogen and oxygen atoms in total. The Labute approximate surface area is 244 Å². The number of imidazole rings is 1. The fourth-order valence-corrected chi connectivity index (χ4v) is 2.71. The van der Waals surface area contributed by atoms with Gasteiger partial charge in [-0.3, -0.25) is 65.7 Å². The second-order valence-corrected chi connectivity index (χ2v) is 7.53.